The quantitative estimate of drug-likeness (QED) is 0.173. The van der Waals surface area contributed by atoms with Gasteiger partial charge in [0.15, 0.2) is 34.7 Å². The SMILES string of the molecule is CCOC(C)C(C=N[N-]C(N)=[SH+])=N[N-]C(N)=[SH+].[Pt]. The van der Waals surface area contributed by atoms with Crippen molar-refractivity contribution in [1.29, 1.82) is 0 Å². The first kappa shape index (κ1) is 20.0. The van der Waals surface area contributed by atoms with Crippen LogP contribution in [0.3, 0.4) is 0 Å². The Bertz CT molecular complexity index is 336. The second-order valence-corrected chi connectivity index (χ2v) is 3.70. The second-order valence-electron chi connectivity index (χ2n) is 2.78. The fourth-order valence-electron chi connectivity index (χ4n) is 0.804. The molecule has 10 heteroatoms. The Balaban J connectivity index is 0. The second kappa shape index (κ2) is 11.8. The maximum Gasteiger partial charge on any atom is 0.183 e. The zero-order valence-electron chi connectivity index (χ0n) is 9.92. The third kappa shape index (κ3) is 10.8. The predicted molar refractivity (Wildman–Crippen MR) is 79.6 cm³/mol. The fraction of sp³-hybridized carbons (Fsp3) is 0.500. The van der Waals surface area contributed by atoms with Gasteiger partial charge in [-0.1, -0.05) is 0 Å². The summed E-state index contributed by atoms with van der Waals surface area (Å²) in [6.07, 6.45) is 1.07. The average molecular weight is 471 g/mol. The molecule has 0 aromatic heterocycles. The molecule has 106 valence electrons. The molecule has 0 fully saturated rings. The topological polar surface area (TPSA) is 114 Å². The van der Waals surface area contributed by atoms with Gasteiger partial charge < -0.3 is 25.8 Å². The largest absolute Gasteiger partial charge is 0.515 e. The van der Waals surface area contributed by atoms with Crippen LogP contribution < -0.4 is 11.5 Å². The summed E-state index contributed by atoms with van der Waals surface area (Å²) in [4.78, 5) is 0. The van der Waals surface area contributed by atoms with Crippen LogP contribution in [0.5, 0.6) is 0 Å². The van der Waals surface area contributed by atoms with E-state index in [1.165, 1.54) is 6.21 Å². The number of nitrogens with zero attached hydrogens (tertiary/aromatic N) is 4. The summed E-state index contributed by atoms with van der Waals surface area (Å²) in [5, 5.41) is 7.58. The van der Waals surface area contributed by atoms with Crippen molar-refractivity contribution in [3.63, 3.8) is 0 Å². The van der Waals surface area contributed by atoms with Crippen molar-refractivity contribution in [3.8, 4) is 0 Å². The van der Waals surface area contributed by atoms with E-state index >= 15 is 0 Å². The molecule has 1 unspecified atom stereocenters. The van der Waals surface area contributed by atoms with Crippen molar-refractivity contribution >= 4 is 46.6 Å². The van der Waals surface area contributed by atoms with Crippen molar-refractivity contribution in [2.75, 3.05) is 6.61 Å². The van der Waals surface area contributed by atoms with Crippen molar-refractivity contribution < 1.29 is 25.8 Å². The monoisotopic (exact) mass is 471 g/mol. The first-order valence-electron chi connectivity index (χ1n) is 4.74. The van der Waals surface area contributed by atoms with Crippen molar-refractivity contribution in [3.05, 3.63) is 10.9 Å². The summed E-state index contributed by atoms with van der Waals surface area (Å²) in [6.45, 7) is 4.20. The molecule has 0 aliphatic carbocycles. The van der Waals surface area contributed by atoms with Gasteiger partial charge in [0, 0.05) is 33.9 Å². The third-order valence-corrected chi connectivity index (χ3v) is 1.63. The molecule has 0 saturated heterocycles. The third-order valence-electron chi connectivity index (χ3n) is 1.45. The average Bonchev–Trinajstić information content (AvgIpc) is 2.22. The molecule has 18 heavy (non-hydrogen) atoms. The van der Waals surface area contributed by atoms with E-state index in [1.807, 2.05) is 6.92 Å². The summed E-state index contributed by atoms with van der Waals surface area (Å²) < 4.78 is 5.34. The van der Waals surface area contributed by atoms with Gasteiger partial charge in [-0.05, 0) is 13.8 Å². The molecule has 0 spiro atoms. The van der Waals surface area contributed by atoms with Crippen molar-refractivity contribution in [2.45, 2.75) is 20.0 Å². The molecule has 4 N–H and O–H groups in total. The summed E-state index contributed by atoms with van der Waals surface area (Å²) >= 11 is 7.55. The van der Waals surface area contributed by atoms with Crippen molar-refractivity contribution in [2.24, 2.45) is 21.7 Å². The van der Waals surface area contributed by atoms with Gasteiger partial charge in [0.05, 0.1) is 11.8 Å². The number of rotatable bonds is 6. The normalized spacial score (nSPS) is 12.8. The van der Waals surface area contributed by atoms with Crippen LogP contribution in [-0.2, 0) is 50.2 Å². The molecule has 0 aromatic rings. The molecule has 0 aromatic carbocycles. The molecule has 0 rings (SSSR count). The van der Waals surface area contributed by atoms with Gasteiger partial charge in [-0.2, -0.15) is 0 Å². The van der Waals surface area contributed by atoms with Crippen LogP contribution in [-0.4, -0.2) is 34.9 Å². The smallest absolute Gasteiger partial charge is 0.183 e. The minimum absolute atomic E-state index is 0. The van der Waals surface area contributed by atoms with E-state index in [1.54, 1.807) is 6.92 Å². The molecule has 7 nitrogen and oxygen atoms in total. The van der Waals surface area contributed by atoms with Gasteiger partial charge in [-0.25, -0.2) is 0 Å². The van der Waals surface area contributed by atoms with Crippen LogP contribution >= 0.6 is 0 Å². The Labute approximate surface area is 131 Å². The fourth-order valence-corrected chi connectivity index (χ4v) is 0.900. The van der Waals surface area contributed by atoms with Gasteiger partial charge in [0.2, 0.25) is 0 Å². The van der Waals surface area contributed by atoms with Crippen LogP contribution in [0.15, 0.2) is 10.2 Å². The van der Waals surface area contributed by atoms with E-state index in [4.69, 9.17) is 16.2 Å². The zero-order chi connectivity index (χ0) is 13.3. The van der Waals surface area contributed by atoms with E-state index in [2.05, 4.69) is 45.5 Å². The summed E-state index contributed by atoms with van der Waals surface area (Å²) in [5.74, 6) is 0. The van der Waals surface area contributed by atoms with E-state index in [0.717, 1.165) is 0 Å². The molecule has 1 atom stereocenters. The maximum atomic E-state index is 5.34. The van der Waals surface area contributed by atoms with Crippen LogP contribution in [0.4, 0.5) is 0 Å². The zero-order valence-corrected chi connectivity index (χ0v) is 14.0. The number of thiol groups is 2. The van der Waals surface area contributed by atoms with Gasteiger partial charge in [-0.15, -0.1) is 0 Å². The van der Waals surface area contributed by atoms with Crippen molar-refractivity contribution in [1.82, 2.24) is 0 Å². The Morgan fingerprint density at radius 1 is 1.33 bits per heavy atom. The maximum absolute atomic E-state index is 5.34. The number of hydrogen-bond acceptors (Lipinski definition) is 3. The first-order chi connectivity index (χ1) is 7.97. The van der Waals surface area contributed by atoms with Gasteiger partial charge in [0.25, 0.3) is 0 Å². The Morgan fingerprint density at radius 3 is 2.33 bits per heavy atom. The van der Waals surface area contributed by atoms with Gasteiger partial charge in [-0.3, -0.25) is 11.5 Å². The summed E-state index contributed by atoms with van der Waals surface area (Å²) in [7, 11) is 0. The number of hydrogen-bond donors (Lipinski definition) is 2. The minimum atomic E-state index is -0.295. The summed E-state index contributed by atoms with van der Waals surface area (Å²) in [5.41, 5.74) is 18.0. The van der Waals surface area contributed by atoms with E-state index in [0.29, 0.717) is 12.3 Å². The van der Waals surface area contributed by atoms with E-state index < -0.39 is 0 Å². The number of nitrogens with two attached hydrogens (primary N) is 2. The van der Waals surface area contributed by atoms with Crippen LogP contribution in [0.1, 0.15) is 13.8 Å². The van der Waals surface area contributed by atoms with Gasteiger partial charge in [0.1, 0.15) is 0 Å². The molecular weight excluding hydrogens is 455 g/mol. The molecule has 0 bridgehead atoms. The minimum Gasteiger partial charge on any atom is -0.515 e. The Hall–Kier alpha value is -0.312. The van der Waals surface area contributed by atoms with Crippen LogP contribution in [0.25, 0.3) is 10.9 Å². The van der Waals surface area contributed by atoms with E-state index in [-0.39, 0.29) is 37.4 Å². The van der Waals surface area contributed by atoms with Gasteiger partial charge >= 0.3 is 0 Å². The molecule has 0 saturated carbocycles. The molecule has 0 heterocycles. The molecule has 0 aliphatic heterocycles. The van der Waals surface area contributed by atoms with E-state index in [9.17, 15) is 0 Å². The number of ether oxygens (including phenoxy) is 1. The standard InChI is InChI=1S/C8H16N6OS2.Pt/c1-3-15-5(2)6(12-14-8(10)17)4-11-13-7(9)16;/h4-5H,3H2,1-2H3,(H6,9,10,11,12,13,14,16,17);. The molecule has 0 radical (unpaired) electrons. The predicted octanol–water partition coefficient (Wildman–Crippen LogP) is -0.851. The Morgan fingerprint density at radius 2 is 1.89 bits per heavy atom. The van der Waals surface area contributed by atoms with Crippen LogP contribution in [0.2, 0.25) is 0 Å². The Kier molecular flexibility index (Phi) is 13.1. The molecule has 0 amide bonds. The molecular formula is C8H16N6OPtS2. The first-order valence-corrected chi connectivity index (χ1v) is 5.63. The van der Waals surface area contributed by atoms with Crippen LogP contribution in [0, 0.1) is 0 Å². The molecule has 0 aliphatic rings. The summed E-state index contributed by atoms with van der Waals surface area (Å²) in [6, 6.07) is 0.